The second-order valence-electron chi connectivity index (χ2n) is 12.5. The van der Waals surface area contributed by atoms with Crippen molar-refractivity contribution < 1.29 is 10.2 Å². The van der Waals surface area contributed by atoms with Crippen molar-refractivity contribution in [3.63, 3.8) is 0 Å². The van der Waals surface area contributed by atoms with Crippen molar-refractivity contribution in [3.8, 4) is 0 Å². The lowest BCUT2D eigenvalue weighted by atomic mass is 9.54. The number of hydrogen-bond donors (Lipinski definition) is 5. The first-order chi connectivity index (χ1) is 16.0. The van der Waals surface area contributed by atoms with Crippen LogP contribution in [0.1, 0.15) is 64.7 Å². The van der Waals surface area contributed by atoms with Gasteiger partial charge >= 0.3 is 0 Å². The first-order valence-corrected chi connectivity index (χ1v) is 14.1. The minimum atomic E-state index is -0.425. The van der Waals surface area contributed by atoms with Crippen LogP contribution in [-0.4, -0.2) is 83.6 Å². The van der Waals surface area contributed by atoms with E-state index in [0.29, 0.717) is 18.0 Å². The van der Waals surface area contributed by atoms with E-state index in [-0.39, 0.29) is 18.4 Å². The van der Waals surface area contributed by atoms with Gasteiger partial charge in [-0.05, 0) is 81.5 Å². The fourth-order valence-electron chi connectivity index (χ4n) is 8.97. The quantitative estimate of drug-likeness (QED) is 0.382. The van der Waals surface area contributed by atoms with Crippen molar-refractivity contribution in [1.29, 1.82) is 0 Å². The minimum Gasteiger partial charge on any atom is -0.379 e. The zero-order chi connectivity index (χ0) is 22.5. The van der Waals surface area contributed by atoms with E-state index in [9.17, 15) is 10.2 Å². The summed E-state index contributed by atoms with van der Waals surface area (Å²) >= 11 is 0. The molecule has 5 aliphatic carbocycles. The fraction of sp³-hybridized carbons (Fsp3) is 1.00. The van der Waals surface area contributed by atoms with E-state index >= 15 is 0 Å². The number of hydrogen-bond acceptors (Lipinski definition) is 7. The van der Waals surface area contributed by atoms with Gasteiger partial charge in [0, 0.05) is 50.7 Å². The van der Waals surface area contributed by atoms with E-state index in [1.165, 1.54) is 57.8 Å². The van der Waals surface area contributed by atoms with Crippen LogP contribution in [-0.2, 0) is 0 Å². The molecule has 7 aliphatic rings. The highest BCUT2D eigenvalue weighted by atomic mass is 16.3. The molecule has 33 heavy (non-hydrogen) atoms. The Morgan fingerprint density at radius 3 is 2.09 bits per heavy atom. The van der Waals surface area contributed by atoms with Crippen molar-refractivity contribution in [2.75, 3.05) is 32.7 Å². The van der Waals surface area contributed by atoms with E-state index < -0.39 is 6.23 Å². The maximum atomic E-state index is 11.5. The molecule has 188 valence electrons. The Kier molecular flexibility index (Phi) is 6.76. The number of nitrogens with zero attached hydrogens (tertiary/aromatic N) is 2. The summed E-state index contributed by atoms with van der Waals surface area (Å²) in [5.41, 5.74) is 0. The predicted molar refractivity (Wildman–Crippen MR) is 129 cm³/mol. The molecule has 7 rings (SSSR count). The van der Waals surface area contributed by atoms with Gasteiger partial charge in [-0.15, -0.1) is 0 Å². The summed E-state index contributed by atoms with van der Waals surface area (Å²) in [5.74, 6) is 4.43. The molecule has 2 saturated heterocycles. The standard InChI is InChI=1S/C26H47N5O2/c1-16(32)30-6-8-31(9-7-30)26-27-15-22(24(29-26)19-4-2-3-5-19)25(33)28-23-20-11-17-10-18(13-20)14-21(23)12-17/h16-29,32-33H,2-15H2,1H3. The molecule has 0 aromatic rings. The van der Waals surface area contributed by atoms with Gasteiger partial charge in [-0.2, -0.15) is 0 Å². The molecule has 7 heteroatoms. The maximum Gasteiger partial charge on any atom is 0.114 e. The summed E-state index contributed by atoms with van der Waals surface area (Å²) in [4.78, 5) is 4.64. The second-order valence-corrected chi connectivity index (χ2v) is 12.5. The van der Waals surface area contributed by atoms with Crippen molar-refractivity contribution in [3.05, 3.63) is 0 Å². The van der Waals surface area contributed by atoms with Gasteiger partial charge < -0.3 is 10.2 Å². The Bertz CT molecular complexity index is 635. The van der Waals surface area contributed by atoms with Crippen molar-refractivity contribution >= 4 is 0 Å². The third-order valence-electron chi connectivity index (χ3n) is 10.5. The molecule has 7 nitrogen and oxygen atoms in total. The van der Waals surface area contributed by atoms with Gasteiger partial charge in [-0.3, -0.25) is 25.8 Å². The molecule has 0 aromatic heterocycles. The van der Waals surface area contributed by atoms with Crippen molar-refractivity contribution in [2.24, 2.45) is 35.5 Å². The van der Waals surface area contributed by atoms with Crippen LogP contribution >= 0.6 is 0 Å². The predicted octanol–water partition coefficient (Wildman–Crippen LogP) is 1.33. The lowest BCUT2D eigenvalue weighted by Gasteiger charge is -2.56. The number of rotatable bonds is 6. The maximum absolute atomic E-state index is 11.5. The first-order valence-electron chi connectivity index (χ1n) is 14.1. The zero-order valence-electron chi connectivity index (χ0n) is 20.5. The van der Waals surface area contributed by atoms with Crippen LogP contribution in [0.15, 0.2) is 0 Å². The van der Waals surface area contributed by atoms with Gasteiger partial charge in [-0.25, -0.2) is 0 Å². The molecule has 7 fully saturated rings. The van der Waals surface area contributed by atoms with Crippen LogP contribution in [0.5, 0.6) is 0 Å². The average molecular weight is 462 g/mol. The summed E-state index contributed by atoms with van der Waals surface area (Å²) < 4.78 is 0. The summed E-state index contributed by atoms with van der Waals surface area (Å²) in [6, 6.07) is 0.899. The van der Waals surface area contributed by atoms with Crippen LogP contribution in [0.4, 0.5) is 0 Å². The molecule has 0 spiro atoms. The third kappa shape index (κ3) is 4.64. The van der Waals surface area contributed by atoms with Crippen LogP contribution in [0.2, 0.25) is 0 Å². The van der Waals surface area contributed by atoms with Gasteiger partial charge in [-0.1, -0.05) is 12.8 Å². The van der Waals surface area contributed by atoms with Crippen LogP contribution in [0.25, 0.3) is 0 Å². The lowest BCUT2D eigenvalue weighted by Crippen LogP contribution is -2.71. The molecular weight excluding hydrogens is 414 g/mol. The number of piperazine rings is 1. The first kappa shape index (κ1) is 23.1. The molecule has 2 heterocycles. The fourth-order valence-corrected chi connectivity index (χ4v) is 8.97. The van der Waals surface area contributed by atoms with Crippen LogP contribution in [0, 0.1) is 35.5 Å². The second kappa shape index (κ2) is 9.64. The lowest BCUT2D eigenvalue weighted by molar-refractivity contribution is -0.0708. The molecule has 0 amide bonds. The third-order valence-corrected chi connectivity index (χ3v) is 10.5. The number of aliphatic hydroxyl groups excluding tert-OH is 2. The van der Waals surface area contributed by atoms with Crippen LogP contribution < -0.4 is 16.0 Å². The molecule has 2 aliphatic heterocycles. The van der Waals surface area contributed by atoms with E-state index in [2.05, 4.69) is 25.8 Å². The largest absolute Gasteiger partial charge is 0.379 e. The smallest absolute Gasteiger partial charge is 0.114 e. The molecule has 4 bridgehead atoms. The van der Waals surface area contributed by atoms with Gasteiger partial charge in [0.1, 0.15) is 18.7 Å². The summed E-state index contributed by atoms with van der Waals surface area (Å²) in [5, 5.41) is 33.0. The Hall–Kier alpha value is -0.280. The van der Waals surface area contributed by atoms with Gasteiger partial charge in [0.05, 0.1) is 0 Å². The highest BCUT2D eigenvalue weighted by Crippen LogP contribution is 2.53. The Labute approximate surface area is 200 Å². The molecular formula is C26H47N5O2. The SMILES string of the molecule is CC(O)N1CCN(C2NCC(C(O)NC3C4CC5CC(C4)CC3C5)C(C3CCCC3)N2)CC1. The Morgan fingerprint density at radius 2 is 1.48 bits per heavy atom. The molecule has 5 unspecified atom stereocenters. The topological polar surface area (TPSA) is 83.0 Å². The van der Waals surface area contributed by atoms with E-state index in [0.717, 1.165) is 56.4 Å². The highest BCUT2D eigenvalue weighted by molar-refractivity contribution is 5.03. The van der Waals surface area contributed by atoms with Gasteiger partial charge in [0.25, 0.3) is 0 Å². The number of aliphatic hydroxyl groups is 2. The summed E-state index contributed by atoms with van der Waals surface area (Å²) in [6.45, 7) is 6.48. The summed E-state index contributed by atoms with van der Waals surface area (Å²) in [7, 11) is 0. The van der Waals surface area contributed by atoms with Gasteiger partial charge in [0.15, 0.2) is 0 Å². The highest BCUT2D eigenvalue weighted by Gasteiger charge is 2.50. The molecule has 0 aromatic carbocycles. The van der Waals surface area contributed by atoms with Crippen molar-refractivity contribution in [1.82, 2.24) is 25.8 Å². The van der Waals surface area contributed by atoms with Crippen molar-refractivity contribution in [2.45, 2.75) is 95.5 Å². The molecule has 5 saturated carbocycles. The number of nitrogens with one attached hydrogen (secondary N) is 3. The molecule has 5 atom stereocenters. The Morgan fingerprint density at radius 1 is 0.848 bits per heavy atom. The Balaban J connectivity index is 1.10. The van der Waals surface area contributed by atoms with Gasteiger partial charge in [0.2, 0.25) is 0 Å². The minimum absolute atomic E-state index is 0.177. The van der Waals surface area contributed by atoms with E-state index in [1.54, 1.807) is 0 Å². The normalized spacial score (nSPS) is 46.6. The molecule has 5 N–H and O–H groups in total. The van der Waals surface area contributed by atoms with Crippen LogP contribution in [0.3, 0.4) is 0 Å². The summed E-state index contributed by atoms with van der Waals surface area (Å²) in [6.07, 6.45) is 11.7. The van der Waals surface area contributed by atoms with E-state index in [1.807, 2.05) is 6.92 Å². The average Bonchev–Trinajstić information content (AvgIpc) is 3.35. The monoisotopic (exact) mass is 461 g/mol. The van der Waals surface area contributed by atoms with E-state index in [4.69, 9.17) is 0 Å². The zero-order valence-corrected chi connectivity index (χ0v) is 20.5. The molecule has 0 radical (unpaired) electrons.